The molecule has 0 bridgehead atoms. The van der Waals surface area contributed by atoms with Gasteiger partial charge < -0.3 is 20.5 Å². The van der Waals surface area contributed by atoms with E-state index in [0.717, 1.165) is 17.0 Å². The number of nitrogens with zero attached hydrogens (tertiary/aromatic N) is 2. The maximum atomic E-state index is 13.8. The van der Waals surface area contributed by atoms with Crippen molar-refractivity contribution in [3.05, 3.63) is 65.5 Å². The summed E-state index contributed by atoms with van der Waals surface area (Å²) >= 11 is 0. The Balaban J connectivity index is 1.33. The third kappa shape index (κ3) is 4.36. The quantitative estimate of drug-likeness (QED) is 0.612. The molecule has 0 radical (unpaired) electrons. The number of halogens is 2. The summed E-state index contributed by atoms with van der Waals surface area (Å²) in [4.78, 5) is 31.1. The van der Waals surface area contributed by atoms with Crippen LogP contribution < -0.4 is 10.6 Å². The van der Waals surface area contributed by atoms with Crippen molar-refractivity contribution < 1.29 is 28.2 Å². The maximum absolute atomic E-state index is 13.8. The van der Waals surface area contributed by atoms with Crippen LogP contribution in [0.25, 0.3) is 0 Å². The summed E-state index contributed by atoms with van der Waals surface area (Å²) in [6.07, 6.45) is 3.88. The Bertz CT molecular complexity index is 1100. The molecular weight excluding hydrogens is 458 g/mol. The summed E-state index contributed by atoms with van der Waals surface area (Å²) in [6.45, 7) is 1.10. The topological polar surface area (TPSA) is 104 Å². The van der Waals surface area contributed by atoms with Crippen molar-refractivity contribution in [2.75, 3.05) is 19.7 Å². The van der Waals surface area contributed by atoms with Gasteiger partial charge in [-0.05, 0) is 74.4 Å². The highest BCUT2D eigenvalue weighted by Crippen LogP contribution is 2.44. The van der Waals surface area contributed by atoms with E-state index in [4.69, 9.17) is 4.74 Å². The van der Waals surface area contributed by atoms with Crippen LogP contribution in [0.4, 0.5) is 18.4 Å². The van der Waals surface area contributed by atoms with Gasteiger partial charge in [0.05, 0.1) is 11.2 Å². The number of nitrogens with one attached hydrogen (secondary N) is 2. The van der Waals surface area contributed by atoms with E-state index in [1.165, 1.54) is 6.07 Å². The SMILES string of the molecule is O=C(N[C@@]1([C@H]2CC[C@@](O)(c3ccccn3)CC2)CCNC1)N1C(=O)OC[C@@H]1c1ccc(F)c(F)c1. The highest BCUT2D eigenvalue weighted by atomic mass is 19.2. The lowest BCUT2D eigenvalue weighted by Crippen LogP contribution is -2.60. The number of aromatic nitrogens is 1. The minimum atomic E-state index is -1.05. The molecule has 2 atom stereocenters. The normalized spacial score (nSPS) is 30.8. The predicted molar refractivity (Wildman–Crippen MR) is 121 cm³/mol. The van der Waals surface area contributed by atoms with Crippen LogP contribution in [0.2, 0.25) is 0 Å². The molecule has 186 valence electrons. The lowest BCUT2D eigenvalue weighted by atomic mass is 9.68. The fourth-order valence-corrected chi connectivity index (χ4v) is 5.69. The Morgan fingerprint density at radius 1 is 1.17 bits per heavy atom. The van der Waals surface area contributed by atoms with E-state index in [-0.39, 0.29) is 18.1 Å². The first-order valence-electron chi connectivity index (χ1n) is 11.9. The largest absolute Gasteiger partial charge is 0.446 e. The van der Waals surface area contributed by atoms with Crippen molar-refractivity contribution in [3.8, 4) is 0 Å². The summed E-state index contributed by atoms with van der Waals surface area (Å²) in [6, 6.07) is 7.30. The molecule has 1 aliphatic carbocycles. The molecule has 3 N–H and O–H groups in total. The van der Waals surface area contributed by atoms with E-state index in [1.54, 1.807) is 6.20 Å². The molecule has 3 amide bonds. The van der Waals surface area contributed by atoms with E-state index in [0.29, 0.717) is 50.9 Å². The molecule has 1 aromatic carbocycles. The summed E-state index contributed by atoms with van der Waals surface area (Å²) in [7, 11) is 0. The predicted octanol–water partition coefficient (Wildman–Crippen LogP) is 3.37. The number of imide groups is 1. The number of carbonyl (C=O) groups excluding carboxylic acids is 2. The molecule has 5 rings (SSSR count). The van der Waals surface area contributed by atoms with Gasteiger partial charge in [0.25, 0.3) is 0 Å². The molecule has 2 aliphatic heterocycles. The first-order chi connectivity index (χ1) is 16.8. The molecule has 1 saturated carbocycles. The molecule has 2 saturated heterocycles. The number of carbonyl (C=O) groups is 2. The van der Waals surface area contributed by atoms with Crippen molar-refractivity contribution in [1.29, 1.82) is 0 Å². The summed E-state index contributed by atoms with van der Waals surface area (Å²) in [5, 5.41) is 17.6. The number of amides is 3. The summed E-state index contributed by atoms with van der Waals surface area (Å²) < 4.78 is 32.3. The highest BCUT2D eigenvalue weighted by molar-refractivity contribution is 5.93. The number of rotatable bonds is 4. The second-order valence-electron chi connectivity index (χ2n) is 9.67. The van der Waals surface area contributed by atoms with E-state index in [1.807, 2.05) is 18.2 Å². The van der Waals surface area contributed by atoms with Crippen LogP contribution in [0.1, 0.15) is 49.4 Å². The minimum Gasteiger partial charge on any atom is -0.446 e. The monoisotopic (exact) mass is 486 g/mol. The third-order valence-electron chi connectivity index (χ3n) is 7.70. The Morgan fingerprint density at radius 3 is 2.63 bits per heavy atom. The van der Waals surface area contributed by atoms with Crippen LogP contribution in [0.3, 0.4) is 0 Å². The molecule has 8 nitrogen and oxygen atoms in total. The van der Waals surface area contributed by atoms with Gasteiger partial charge in [0, 0.05) is 12.7 Å². The van der Waals surface area contributed by atoms with Gasteiger partial charge in [-0.15, -0.1) is 0 Å². The number of ether oxygens (including phenoxy) is 1. The molecule has 3 fully saturated rings. The standard InChI is InChI=1S/C25H28F2N4O4/c26-18-5-4-16(13-19(18)27)20-14-35-23(33)31(20)22(32)30-24(10-12-28-15-24)17-6-8-25(34,9-7-17)21-3-1-2-11-29-21/h1-5,11,13,17,20,28,34H,6-10,12,14-15H2,(H,30,32)/t17-,20-,24+,25-/m1/s1. The van der Waals surface area contributed by atoms with Gasteiger partial charge in [-0.3, -0.25) is 4.98 Å². The van der Waals surface area contributed by atoms with Crippen LogP contribution in [0, 0.1) is 17.6 Å². The van der Waals surface area contributed by atoms with E-state index in [9.17, 15) is 23.5 Å². The van der Waals surface area contributed by atoms with Gasteiger partial charge in [0.2, 0.25) is 0 Å². The fraction of sp³-hybridized carbons (Fsp3) is 0.480. The Hall–Kier alpha value is -3.11. The van der Waals surface area contributed by atoms with Crippen molar-refractivity contribution in [2.24, 2.45) is 5.92 Å². The first-order valence-corrected chi connectivity index (χ1v) is 11.9. The van der Waals surface area contributed by atoms with Crippen molar-refractivity contribution in [1.82, 2.24) is 20.5 Å². The second kappa shape index (κ2) is 9.16. The zero-order valence-corrected chi connectivity index (χ0v) is 19.2. The Morgan fingerprint density at radius 2 is 1.97 bits per heavy atom. The van der Waals surface area contributed by atoms with E-state index >= 15 is 0 Å². The Kier molecular flexibility index (Phi) is 6.18. The second-order valence-corrected chi connectivity index (χ2v) is 9.67. The van der Waals surface area contributed by atoms with Crippen molar-refractivity contribution >= 4 is 12.1 Å². The average molecular weight is 487 g/mol. The number of benzene rings is 1. The number of hydrogen-bond acceptors (Lipinski definition) is 6. The van der Waals surface area contributed by atoms with Gasteiger partial charge >= 0.3 is 12.1 Å². The number of hydrogen-bond donors (Lipinski definition) is 3. The van der Waals surface area contributed by atoms with Crippen LogP contribution in [-0.4, -0.2) is 52.4 Å². The molecular formula is C25H28F2N4O4. The number of urea groups is 1. The van der Waals surface area contributed by atoms with Gasteiger partial charge in [-0.2, -0.15) is 0 Å². The summed E-state index contributed by atoms with van der Waals surface area (Å²) in [5.41, 5.74) is -0.688. The van der Waals surface area contributed by atoms with Gasteiger partial charge in [-0.25, -0.2) is 23.3 Å². The third-order valence-corrected chi connectivity index (χ3v) is 7.70. The first kappa shape index (κ1) is 23.6. The summed E-state index contributed by atoms with van der Waals surface area (Å²) in [5.74, 6) is -1.99. The lowest BCUT2D eigenvalue weighted by molar-refractivity contribution is -0.0298. The van der Waals surface area contributed by atoms with E-state index in [2.05, 4.69) is 15.6 Å². The smallest absolute Gasteiger partial charge is 0.418 e. The van der Waals surface area contributed by atoms with Crippen LogP contribution in [0.5, 0.6) is 0 Å². The molecule has 3 heterocycles. The molecule has 2 aromatic rings. The molecule has 10 heteroatoms. The molecule has 0 unspecified atom stereocenters. The number of aliphatic hydroxyl groups is 1. The van der Waals surface area contributed by atoms with Crippen LogP contribution in [-0.2, 0) is 10.3 Å². The van der Waals surface area contributed by atoms with Crippen LogP contribution in [0.15, 0.2) is 42.6 Å². The zero-order chi connectivity index (χ0) is 24.6. The average Bonchev–Trinajstić information content (AvgIpc) is 3.49. The van der Waals surface area contributed by atoms with Gasteiger partial charge in [0.15, 0.2) is 11.6 Å². The maximum Gasteiger partial charge on any atom is 0.418 e. The molecule has 35 heavy (non-hydrogen) atoms. The van der Waals surface area contributed by atoms with Crippen molar-refractivity contribution in [3.63, 3.8) is 0 Å². The number of cyclic esters (lactones) is 1. The highest BCUT2D eigenvalue weighted by Gasteiger charge is 2.49. The van der Waals surface area contributed by atoms with Crippen molar-refractivity contribution in [2.45, 2.75) is 49.3 Å². The van der Waals surface area contributed by atoms with Gasteiger partial charge in [0.1, 0.15) is 18.2 Å². The minimum absolute atomic E-state index is 0.0748. The van der Waals surface area contributed by atoms with Crippen LogP contribution >= 0.6 is 0 Å². The fourth-order valence-electron chi connectivity index (χ4n) is 5.69. The number of pyridine rings is 1. The Labute approximate surface area is 201 Å². The van der Waals surface area contributed by atoms with E-state index < -0.39 is 40.9 Å². The zero-order valence-electron chi connectivity index (χ0n) is 19.2. The van der Waals surface area contributed by atoms with Gasteiger partial charge in [-0.1, -0.05) is 12.1 Å². The molecule has 0 spiro atoms. The lowest BCUT2D eigenvalue weighted by Gasteiger charge is -2.44. The molecule has 1 aromatic heterocycles. The molecule has 3 aliphatic rings.